The highest BCUT2D eigenvalue weighted by Gasteiger charge is 2.26. The van der Waals surface area contributed by atoms with Crippen LogP contribution in [0.1, 0.15) is 38.8 Å². The molecule has 6 nitrogen and oxygen atoms in total. The number of phenolic OH excluding ortho intramolecular Hbond substituents is 2. The maximum atomic E-state index is 13.3. The largest absolute Gasteiger partial charge is 0.507 e. The molecule has 0 unspecified atom stereocenters. The fourth-order valence-corrected chi connectivity index (χ4v) is 3.26. The van der Waals surface area contributed by atoms with Crippen LogP contribution in [0.4, 0.5) is 0 Å². The highest BCUT2D eigenvalue weighted by atomic mass is 16.5. The molecule has 0 saturated heterocycles. The Balaban J connectivity index is 2.45. The summed E-state index contributed by atoms with van der Waals surface area (Å²) in [5.41, 5.74) is 2.94. The van der Waals surface area contributed by atoms with Crippen molar-refractivity contribution in [3.63, 3.8) is 0 Å². The van der Waals surface area contributed by atoms with Crippen molar-refractivity contribution in [2.24, 2.45) is 0 Å². The number of ether oxygens (including phenoxy) is 1. The Morgan fingerprint density at radius 2 is 1.67 bits per heavy atom. The smallest absolute Gasteiger partial charge is 0.239 e. The van der Waals surface area contributed by atoms with Crippen LogP contribution in [0.15, 0.2) is 55.5 Å². The number of allylic oxidation sites excluding steroid dienone is 4. The second-order valence-electron chi connectivity index (χ2n) is 7.64. The minimum Gasteiger partial charge on any atom is -0.507 e. The number of methoxy groups -OCH3 is 1. The lowest BCUT2D eigenvalue weighted by molar-refractivity contribution is 0.396. The highest BCUT2D eigenvalue weighted by molar-refractivity contribution is 5.93. The Bertz CT molecular complexity index is 1190. The zero-order chi connectivity index (χ0) is 22.0. The van der Waals surface area contributed by atoms with Crippen molar-refractivity contribution in [3.05, 3.63) is 63.2 Å². The maximum absolute atomic E-state index is 13.3. The van der Waals surface area contributed by atoms with Crippen LogP contribution in [0.25, 0.3) is 22.3 Å². The van der Waals surface area contributed by atoms with E-state index in [-0.39, 0.29) is 46.0 Å². The highest BCUT2D eigenvalue weighted by Crippen LogP contribution is 2.42. The Hall–Kier alpha value is -3.41. The number of fused-ring (bicyclic) bond motifs is 1. The Morgan fingerprint density at radius 3 is 2.20 bits per heavy atom. The summed E-state index contributed by atoms with van der Waals surface area (Å²) in [7, 11) is 1.37. The fourth-order valence-electron chi connectivity index (χ4n) is 3.26. The molecule has 0 amide bonds. The van der Waals surface area contributed by atoms with E-state index in [1.807, 2.05) is 39.8 Å². The number of hydrogen-bond acceptors (Lipinski definition) is 6. The molecule has 0 aliphatic carbocycles. The van der Waals surface area contributed by atoms with Crippen molar-refractivity contribution in [1.82, 2.24) is 0 Å². The predicted octanol–water partition coefficient (Wildman–Crippen LogP) is 5.49. The number of furan rings is 1. The summed E-state index contributed by atoms with van der Waals surface area (Å²) in [5.74, 6) is -0.238. The van der Waals surface area contributed by atoms with Gasteiger partial charge in [0.05, 0.1) is 18.9 Å². The lowest BCUT2D eigenvalue weighted by Crippen LogP contribution is -2.10. The number of rotatable bonds is 6. The fraction of sp³-hybridized carbons (Fsp3) is 0.292. The molecule has 2 heterocycles. The third kappa shape index (κ3) is 3.85. The molecule has 6 heteroatoms. The van der Waals surface area contributed by atoms with Crippen molar-refractivity contribution >= 4 is 11.0 Å². The zero-order valence-electron chi connectivity index (χ0n) is 17.8. The van der Waals surface area contributed by atoms with Gasteiger partial charge in [-0.1, -0.05) is 23.3 Å². The summed E-state index contributed by atoms with van der Waals surface area (Å²) in [6.07, 6.45) is 7.32. The number of phenols is 2. The van der Waals surface area contributed by atoms with E-state index in [2.05, 4.69) is 0 Å². The first-order valence-electron chi connectivity index (χ1n) is 9.66. The lowest BCUT2D eigenvalue weighted by Gasteiger charge is -2.16. The Labute approximate surface area is 174 Å². The van der Waals surface area contributed by atoms with Crippen molar-refractivity contribution in [2.75, 3.05) is 7.11 Å². The van der Waals surface area contributed by atoms with E-state index in [4.69, 9.17) is 13.6 Å². The standard InChI is InChI=1S/C24H26O6/c1-13(2)6-8-16-19(25)17(9-7-14(3)4)23-18(20(16)26)21(27)24(28-5)22(30-23)15-10-11-29-12-15/h6-7,10-12,25-26H,8-9H2,1-5H3. The normalized spacial score (nSPS) is 10.8. The molecule has 3 aromatic rings. The second-order valence-corrected chi connectivity index (χ2v) is 7.64. The van der Waals surface area contributed by atoms with E-state index < -0.39 is 5.43 Å². The van der Waals surface area contributed by atoms with Gasteiger partial charge in [0.2, 0.25) is 11.2 Å². The average molecular weight is 410 g/mol. The molecule has 2 N–H and O–H groups in total. The molecule has 30 heavy (non-hydrogen) atoms. The van der Waals surface area contributed by atoms with Gasteiger partial charge in [0, 0.05) is 11.1 Å². The third-order valence-electron chi connectivity index (χ3n) is 4.86. The Kier molecular flexibility index (Phi) is 6.06. The minimum absolute atomic E-state index is 0.00814. The molecular formula is C24H26O6. The molecule has 0 aliphatic rings. The van der Waals surface area contributed by atoms with Gasteiger partial charge < -0.3 is 23.8 Å². The molecule has 0 aliphatic heterocycles. The van der Waals surface area contributed by atoms with E-state index in [1.165, 1.54) is 19.6 Å². The average Bonchev–Trinajstić information content (AvgIpc) is 3.21. The molecule has 0 radical (unpaired) electrons. The maximum Gasteiger partial charge on any atom is 0.239 e. The van der Waals surface area contributed by atoms with Crippen LogP contribution in [0.2, 0.25) is 0 Å². The topological polar surface area (TPSA) is 93.0 Å². The summed E-state index contributed by atoms with van der Waals surface area (Å²) in [5, 5.41) is 21.9. The minimum atomic E-state index is -0.510. The number of benzene rings is 1. The first kappa shape index (κ1) is 21.3. The molecular weight excluding hydrogens is 384 g/mol. The van der Waals surface area contributed by atoms with Gasteiger partial charge in [0.25, 0.3) is 0 Å². The molecule has 0 bridgehead atoms. The summed E-state index contributed by atoms with van der Waals surface area (Å²) >= 11 is 0. The van der Waals surface area contributed by atoms with Gasteiger partial charge in [0.1, 0.15) is 28.7 Å². The summed E-state index contributed by atoms with van der Waals surface area (Å²) < 4.78 is 16.5. The van der Waals surface area contributed by atoms with Gasteiger partial charge in [-0.2, -0.15) is 0 Å². The quantitative estimate of drug-likeness (QED) is 0.522. The number of hydrogen-bond donors (Lipinski definition) is 2. The van der Waals surface area contributed by atoms with Gasteiger partial charge in [0.15, 0.2) is 5.76 Å². The molecule has 158 valence electrons. The number of aromatic hydroxyl groups is 2. The van der Waals surface area contributed by atoms with Crippen molar-refractivity contribution < 1.29 is 23.8 Å². The lowest BCUT2D eigenvalue weighted by atomic mass is 9.96. The molecule has 0 atom stereocenters. The van der Waals surface area contributed by atoms with E-state index >= 15 is 0 Å². The van der Waals surface area contributed by atoms with Crippen LogP contribution in [0.3, 0.4) is 0 Å². The van der Waals surface area contributed by atoms with Gasteiger partial charge in [-0.3, -0.25) is 4.79 Å². The van der Waals surface area contributed by atoms with Crippen molar-refractivity contribution in [3.8, 4) is 28.6 Å². The monoisotopic (exact) mass is 410 g/mol. The van der Waals surface area contributed by atoms with Crippen LogP contribution in [0, 0.1) is 0 Å². The zero-order valence-corrected chi connectivity index (χ0v) is 17.8. The third-order valence-corrected chi connectivity index (χ3v) is 4.86. The second kappa shape index (κ2) is 8.53. The van der Waals surface area contributed by atoms with Crippen LogP contribution in [0.5, 0.6) is 17.2 Å². The van der Waals surface area contributed by atoms with E-state index in [9.17, 15) is 15.0 Å². The van der Waals surface area contributed by atoms with Crippen LogP contribution in [-0.4, -0.2) is 17.3 Å². The van der Waals surface area contributed by atoms with Crippen LogP contribution >= 0.6 is 0 Å². The molecule has 0 spiro atoms. The molecule has 2 aromatic heterocycles. The van der Waals surface area contributed by atoms with E-state index in [0.717, 1.165) is 11.1 Å². The predicted molar refractivity (Wildman–Crippen MR) is 116 cm³/mol. The van der Waals surface area contributed by atoms with E-state index in [0.29, 0.717) is 17.5 Å². The molecule has 0 saturated carbocycles. The van der Waals surface area contributed by atoms with Crippen molar-refractivity contribution in [1.29, 1.82) is 0 Å². The first-order chi connectivity index (χ1) is 14.3. The summed E-state index contributed by atoms with van der Waals surface area (Å²) in [4.78, 5) is 13.3. The van der Waals surface area contributed by atoms with Crippen LogP contribution < -0.4 is 10.2 Å². The van der Waals surface area contributed by atoms with E-state index in [1.54, 1.807) is 6.07 Å². The summed E-state index contributed by atoms with van der Waals surface area (Å²) in [6, 6.07) is 1.64. The van der Waals surface area contributed by atoms with Crippen molar-refractivity contribution in [2.45, 2.75) is 40.5 Å². The van der Waals surface area contributed by atoms with Crippen LogP contribution in [-0.2, 0) is 12.8 Å². The van der Waals surface area contributed by atoms with Gasteiger partial charge in [-0.15, -0.1) is 0 Å². The van der Waals surface area contributed by atoms with Gasteiger partial charge in [-0.25, -0.2) is 0 Å². The first-order valence-corrected chi connectivity index (χ1v) is 9.66. The molecule has 3 rings (SSSR count). The summed E-state index contributed by atoms with van der Waals surface area (Å²) in [6.45, 7) is 7.74. The molecule has 0 fully saturated rings. The van der Waals surface area contributed by atoms with Gasteiger partial charge >= 0.3 is 0 Å². The Morgan fingerprint density at radius 1 is 1.03 bits per heavy atom. The molecule has 1 aromatic carbocycles. The SMILES string of the molecule is COc1c(-c2ccoc2)oc2c(CC=C(C)C)c(O)c(CC=C(C)C)c(O)c2c1=O. The van der Waals surface area contributed by atoms with Gasteiger partial charge in [-0.05, 0) is 46.6 Å².